The fourth-order valence-electron chi connectivity index (χ4n) is 3.15. The summed E-state index contributed by atoms with van der Waals surface area (Å²) in [6.07, 6.45) is 20.9. The van der Waals surface area contributed by atoms with Crippen LogP contribution in [0.15, 0.2) is 0 Å². The van der Waals surface area contributed by atoms with E-state index in [-0.39, 0.29) is 5.97 Å². The molecule has 0 aliphatic carbocycles. The number of hydrogen-bond acceptors (Lipinski definition) is 6. The standard InChI is InChI=1S/C23H48NO2.CH4O4S/c1-5-6-7-8-9-10-11-12-13-14-15-16-17-18-19-20-23(25)26-22-21-24(2,3)4;1-5-6(2,3)4/h5-22H2,1-4H3;1H3,(H,2,3,4)/q+1;/p-1. The van der Waals surface area contributed by atoms with E-state index in [0.717, 1.165) is 24.6 Å². The van der Waals surface area contributed by atoms with Crippen LogP contribution in [0, 0.1) is 0 Å². The molecule has 0 unspecified atom stereocenters. The zero-order valence-corrected chi connectivity index (χ0v) is 22.3. The number of likely N-dealkylation sites (N-methyl/N-ethyl adjacent to an activating group) is 1. The molecule has 0 heterocycles. The van der Waals surface area contributed by atoms with E-state index >= 15 is 0 Å². The molecule has 0 amide bonds. The van der Waals surface area contributed by atoms with Crippen molar-refractivity contribution >= 4 is 16.4 Å². The van der Waals surface area contributed by atoms with Crippen LogP contribution in [0.25, 0.3) is 0 Å². The Kier molecular flexibility index (Phi) is 23.1. The van der Waals surface area contributed by atoms with E-state index in [9.17, 15) is 17.8 Å². The van der Waals surface area contributed by atoms with Crippen LogP contribution >= 0.6 is 0 Å². The number of quaternary nitrogens is 1. The number of unbranched alkanes of at least 4 members (excludes halogenated alkanes) is 14. The van der Waals surface area contributed by atoms with Crippen molar-refractivity contribution in [1.29, 1.82) is 0 Å². The van der Waals surface area contributed by atoms with E-state index in [1.165, 1.54) is 89.9 Å². The average Bonchev–Trinajstić information content (AvgIpc) is 2.70. The number of esters is 1. The van der Waals surface area contributed by atoms with Gasteiger partial charge in [-0.25, -0.2) is 8.42 Å². The maximum atomic E-state index is 11.6. The molecule has 8 heteroatoms. The smallest absolute Gasteiger partial charge is 0.305 e. The summed E-state index contributed by atoms with van der Waals surface area (Å²) in [6, 6.07) is 0. The lowest BCUT2D eigenvalue weighted by Gasteiger charge is -2.23. The summed E-state index contributed by atoms with van der Waals surface area (Å²) < 4.78 is 37.1. The van der Waals surface area contributed by atoms with Crippen LogP contribution in [-0.4, -0.2) is 64.8 Å². The Bertz CT molecular complexity index is 517. The third-order valence-electron chi connectivity index (χ3n) is 5.21. The topological polar surface area (TPSA) is 92.7 Å². The van der Waals surface area contributed by atoms with Gasteiger partial charge >= 0.3 is 5.97 Å². The van der Waals surface area contributed by atoms with Gasteiger partial charge in [-0.15, -0.1) is 0 Å². The Morgan fingerprint density at radius 2 is 1.09 bits per heavy atom. The molecular weight excluding hydrogens is 430 g/mol. The molecule has 0 atom stereocenters. The molecule has 0 saturated carbocycles. The zero-order valence-electron chi connectivity index (χ0n) is 21.5. The lowest BCUT2D eigenvalue weighted by Crippen LogP contribution is -2.37. The van der Waals surface area contributed by atoms with Gasteiger partial charge in [-0.05, 0) is 6.42 Å². The van der Waals surface area contributed by atoms with Gasteiger partial charge in [0.2, 0.25) is 10.4 Å². The van der Waals surface area contributed by atoms with Crippen molar-refractivity contribution in [3.63, 3.8) is 0 Å². The number of ether oxygens (including phenoxy) is 1. The van der Waals surface area contributed by atoms with E-state index in [0.29, 0.717) is 13.0 Å². The molecule has 0 fully saturated rings. The Morgan fingerprint density at radius 1 is 0.750 bits per heavy atom. The van der Waals surface area contributed by atoms with Gasteiger partial charge in [0.1, 0.15) is 13.2 Å². The Morgan fingerprint density at radius 3 is 1.41 bits per heavy atom. The molecule has 32 heavy (non-hydrogen) atoms. The molecule has 0 aromatic rings. The number of hydrogen-bond donors (Lipinski definition) is 0. The molecule has 194 valence electrons. The van der Waals surface area contributed by atoms with Crippen LogP contribution in [0.2, 0.25) is 0 Å². The minimum Gasteiger partial charge on any atom is -0.726 e. The lowest BCUT2D eigenvalue weighted by molar-refractivity contribution is -0.870. The molecule has 0 aliphatic heterocycles. The highest BCUT2D eigenvalue weighted by Gasteiger charge is 2.09. The van der Waals surface area contributed by atoms with Gasteiger partial charge in [0.05, 0.1) is 28.3 Å². The number of nitrogens with zero attached hydrogens (tertiary/aromatic N) is 1. The molecule has 0 saturated heterocycles. The number of carbonyl (C=O) groups excluding carboxylic acids is 1. The molecule has 0 N–H and O–H groups in total. The number of carbonyl (C=O) groups is 1. The highest BCUT2D eigenvalue weighted by atomic mass is 32.3. The number of rotatable bonds is 20. The molecule has 0 radical (unpaired) electrons. The Labute approximate surface area is 198 Å². The Hall–Kier alpha value is -0.700. The van der Waals surface area contributed by atoms with Gasteiger partial charge in [-0.1, -0.05) is 96.8 Å². The molecule has 0 aromatic heterocycles. The summed E-state index contributed by atoms with van der Waals surface area (Å²) in [7, 11) is 2.74. The largest absolute Gasteiger partial charge is 0.726 e. The molecular formula is C24H51NO6S. The average molecular weight is 482 g/mol. The monoisotopic (exact) mass is 481 g/mol. The van der Waals surface area contributed by atoms with Gasteiger partial charge in [0.25, 0.3) is 0 Å². The maximum Gasteiger partial charge on any atom is 0.305 e. The van der Waals surface area contributed by atoms with Crippen molar-refractivity contribution in [3.8, 4) is 0 Å². The predicted molar refractivity (Wildman–Crippen MR) is 130 cm³/mol. The van der Waals surface area contributed by atoms with Crippen molar-refractivity contribution in [2.75, 3.05) is 41.4 Å². The summed E-state index contributed by atoms with van der Waals surface area (Å²) in [5.41, 5.74) is 0. The van der Waals surface area contributed by atoms with Crippen LogP contribution in [0.1, 0.15) is 110 Å². The minimum atomic E-state index is -4.41. The minimum absolute atomic E-state index is 0.0202. The second kappa shape index (κ2) is 22.1. The summed E-state index contributed by atoms with van der Waals surface area (Å²) in [5, 5.41) is 0. The zero-order chi connectivity index (χ0) is 24.7. The van der Waals surface area contributed by atoms with Crippen molar-refractivity contribution < 1.29 is 31.2 Å². The highest BCUT2D eigenvalue weighted by molar-refractivity contribution is 7.80. The molecule has 0 aliphatic rings. The highest BCUT2D eigenvalue weighted by Crippen LogP contribution is 2.13. The van der Waals surface area contributed by atoms with E-state index in [1.807, 2.05) is 0 Å². The predicted octanol–water partition coefficient (Wildman–Crippen LogP) is 5.59. The van der Waals surface area contributed by atoms with Crippen molar-refractivity contribution in [1.82, 2.24) is 0 Å². The lowest BCUT2D eigenvalue weighted by atomic mass is 10.0. The summed E-state index contributed by atoms with van der Waals surface area (Å²) in [6.45, 7) is 3.70. The maximum absolute atomic E-state index is 11.6. The van der Waals surface area contributed by atoms with Crippen molar-refractivity contribution in [3.05, 3.63) is 0 Å². The first kappa shape index (κ1) is 33.5. The van der Waals surface area contributed by atoms with E-state index in [1.54, 1.807) is 0 Å². The van der Waals surface area contributed by atoms with E-state index in [2.05, 4.69) is 32.2 Å². The normalized spacial score (nSPS) is 11.7. The fraction of sp³-hybridized carbons (Fsp3) is 0.958. The van der Waals surface area contributed by atoms with Crippen LogP contribution in [-0.2, 0) is 24.1 Å². The van der Waals surface area contributed by atoms with E-state index < -0.39 is 10.4 Å². The first-order chi connectivity index (χ1) is 15.0. The van der Waals surface area contributed by atoms with Crippen molar-refractivity contribution in [2.45, 2.75) is 110 Å². The fourth-order valence-corrected chi connectivity index (χ4v) is 3.15. The second-order valence-corrected chi connectivity index (χ2v) is 10.7. The first-order valence-corrected chi connectivity index (χ1v) is 13.8. The van der Waals surface area contributed by atoms with Crippen molar-refractivity contribution in [2.24, 2.45) is 0 Å². The SMILES string of the molecule is CCCCCCCCCCCCCCCCCC(=O)OCC[N+](C)(C)C.COS(=O)(=O)[O-]. The third-order valence-corrected chi connectivity index (χ3v) is 5.62. The van der Waals surface area contributed by atoms with Crippen LogP contribution in [0.5, 0.6) is 0 Å². The molecule has 0 bridgehead atoms. The van der Waals surface area contributed by atoms with Gasteiger partial charge < -0.3 is 13.8 Å². The van der Waals surface area contributed by atoms with Crippen LogP contribution < -0.4 is 0 Å². The third kappa shape index (κ3) is 33.9. The van der Waals surface area contributed by atoms with Gasteiger partial charge in [0.15, 0.2) is 0 Å². The van der Waals surface area contributed by atoms with Gasteiger partial charge in [-0.2, -0.15) is 0 Å². The van der Waals surface area contributed by atoms with Gasteiger partial charge in [-0.3, -0.25) is 8.98 Å². The molecule has 0 rings (SSSR count). The molecule has 7 nitrogen and oxygen atoms in total. The quantitative estimate of drug-likeness (QED) is 0.0740. The summed E-state index contributed by atoms with van der Waals surface area (Å²) >= 11 is 0. The summed E-state index contributed by atoms with van der Waals surface area (Å²) in [4.78, 5) is 11.6. The van der Waals surface area contributed by atoms with Crippen LogP contribution in [0.4, 0.5) is 0 Å². The van der Waals surface area contributed by atoms with E-state index in [4.69, 9.17) is 4.74 Å². The van der Waals surface area contributed by atoms with Gasteiger partial charge in [0, 0.05) is 6.42 Å². The second-order valence-electron chi connectivity index (χ2n) is 9.51. The molecule has 0 aromatic carbocycles. The molecule has 0 spiro atoms. The van der Waals surface area contributed by atoms with Crippen LogP contribution in [0.3, 0.4) is 0 Å². The Balaban J connectivity index is 0. The first-order valence-electron chi connectivity index (χ1n) is 12.5. The summed E-state index contributed by atoms with van der Waals surface area (Å²) in [5.74, 6) is -0.0202.